The van der Waals surface area contributed by atoms with Gasteiger partial charge in [-0.3, -0.25) is 19.7 Å². The number of amides is 4. The van der Waals surface area contributed by atoms with Crippen LogP contribution in [0.15, 0.2) is 18.2 Å². The number of esters is 1. The zero-order valence-corrected chi connectivity index (χ0v) is 14.3. The standard InChI is InChI=1S/C14H15Cl2N3O5/c1-7(12(21)19-14(23)17-2)24-11(20)6-18-13(22)8-3-4-9(15)10(16)5-8/h3-5,7H,6H2,1-2H3,(H,18,22)(H2,17,19,21,23)/t7-/m0/s1. The van der Waals surface area contributed by atoms with Crippen molar-refractivity contribution < 1.29 is 23.9 Å². The van der Waals surface area contributed by atoms with Gasteiger partial charge in [0.05, 0.1) is 10.0 Å². The third kappa shape index (κ3) is 6.05. The number of benzene rings is 1. The van der Waals surface area contributed by atoms with Gasteiger partial charge < -0.3 is 15.4 Å². The summed E-state index contributed by atoms with van der Waals surface area (Å²) in [6, 6.07) is 3.51. The van der Waals surface area contributed by atoms with Crippen LogP contribution in [0.25, 0.3) is 0 Å². The minimum atomic E-state index is -1.20. The summed E-state index contributed by atoms with van der Waals surface area (Å²) in [6.07, 6.45) is -1.20. The van der Waals surface area contributed by atoms with Crippen molar-refractivity contribution in [1.29, 1.82) is 0 Å². The molecule has 0 aliphatic heterocycles. The lowest BCUT2D eigenvalue weighted by Crippen LogP contribution is -2.44. The number of hydrogen-bond acceptors (Lipinski definition) is 5. The first-order chi connectivity index (χ1) is 11.2. The van der Waals surface area contributed by atoms with Crippen molar-refractivity contribution in [3.8, 4) is 0 Å². The summed E-state index contributed by atoms with van der Waals surface area (Å²) in [4.78, 5) is 46.0. The van der Waals surface area contributed by atoms with Gasteiger partial charge in [-0.05, 0) is 25.1 Å². The lowest BCUT2D eigenvalue weighted by Gasteiger charge is -2.13. The quantitative estimate of drug-likeness (QED) is 0.667. The average Bonchev–Trinajstić information content (AvgIpc) is 2.54. The molecule has 0 bridgehead atoms. The maximum absolute atomic E-state index is 11.9. The number of hydrogen-bond donors (Lipinski definition) is 3. The molecule has 1 atom stereocenters. The molecule has 0 spiro atoms. The molecule has 1 rings (SSSR count). The number of urea groups is 1. The molecule has 8 nitrogen and oxygen atoms in total. The molecule has 0 aliphatic carbocycles. The van der Waals surface area contributed by atoms with E-state index in [4.69, 9.17) is 27.9 Å². The minimum absolute atomic E-state index is 0.200. The molecule has 3 N–H and O–H groups in total. The Kier molecular flexibility index (Phi) is 7.47. The second kappa shape index (κ2) is 9.09. The van der Waals surface area contributed by atoms with E-state index < -0.39 is 36.5 Å². The smallest absolute Gasteiger partial charge is 0.326 e. The molecular weight excluding hydrogens is 361 g/mol. The largest absolute Gasteiger partial charge is 0.451 e. The molecule has 0 aromatic heterocycles. The van der Waals surface area contributed by atoms with Gasteiger partial charge in [-0.25, -0.2) is 4.79 Å². The summed E-state index contributed by atoms with van der Waals surface area (Å²) < 4.78 is 4.79. The Morgan fingerprint density at radius 3 is 2.42 bits per heavy atom. The van der Waals surface area contributed by atoms with Crippen LogP contribution in [0, 0.1) is 0 Å². The topological polar surface area (TPSA) is 114 Å². The molecule has 0 heterocycles. The number of carbonyl (C=O) groups excluding carboxylic acids is 4. The van der Waals surface area contributed by atoms with Gasteiger partial charge in [-0.15, -0.1) is 0 Å². The highest BCUT2D eigenvalue weighted by Gasteiger charge is 2.20. The third-order valence-electron chi connectivity index (χ3n) is 2.72. The molecule has 0 saturated heterocycles. The summed E-state index contributed by atoms with van der Waals surface area (Å²) in [5, 5.41) is 6.95. The lowest BCUT2D eigenvalue weighted by molar-refractivity contribution is -0.153. The van der Waals surface area contributed by atoms with Gasteiger partial charge in [0.1, 0.15) is 6.54 Å². The second-order valence-corrected chi connectivity index (χ2v) is 5.33. The zero-order chi connectivity index (χ0) is 18.3. The predicted octanol–water partition coefficient (Wildman–Crippen LogP) is 1.11. The molecule has 0 aliphatic rings. The fourth-order valence-electron chi connectivity index (χ4n) is 1.46. The Morgan fingerprint density at radius 2 is 1.83 bits per heavy atom. The number of ether oxygens (including phenoxy) is 1. The van der Waals surface area contributed by atoms with Crippen molar-refractivity contribution in [3.63, 3.8) is 0 Å². The predicted molar refractivity (Wildman–Crippen MR) is 86.9 cm³/mol. The Morgan fingerprint density at radius 1 is 1.17 bits per heavy atom. The highest BCUT2D eigenvalue weighted by Crippen LogP contribution is 2.22. The van der Waals surface area contributed by atoms with Crippen LogP contribution in [0.1, 0.15) is 17.3 Å². The second-order valence-electron chi connectivity index (χ2n) is 4.51. The number of imide groups is 1. The van der Waals surface area contributed by atoms with Gasteiger partial charge in [0.25, 0.3) is 11.8 Å². The van der Waals surface area contributed by atoms with Crippen molar-refractivity contribution in [2.24, 2.45) is 0 Å². The first kappa shape index (κ1) is 19.7. The van der Waals surface area contributed by atoms with Crippen LogP contribution in [0.4, 0.5) is 4.79 Å². The third-order valence-corrected chi connectivity index (χ3v) is 3.46. The van der Waals surface area contributed by atoms with E-state index in [1.807, 2.05) is 5.32 Å². The molecule has 1 aromatic rings. The summed E-state index contributed by atoms with van der Waals surface area (Å²) in [5.41, 5.74) is 0.211. The summed E-state index contributed by atoms with van der Waals surface area (Å²) in [5.74, 6) is -2.20. The molecule has 0 fully saturated rings. The number of carbonyl (C=O) groups is 4. The number of nitrogens with one attached hydrogen (secondary N) is 3. The molecule has 1 aromatic carbocycles. The van der Waals surface area contributed by atoms with Gasteiger partial charge in [0.2, 0.25) is 0 Å². The summed E-state index contributed by atoms with van der Waals surface area (Å²) in [7, 11) is 1.33. The molecule has 0 saturated carbocycles. The van der Waals surface area contributed by atoms with Crippen LogP contribution in [-0.2, 0) is 14.3 Å². The van der Waals surface area contributed by atoms with E-state index in [0.717, 1.165) is 0 Å². The van der Waals surface area contributed by atoms with E-state index in [0.29, 0.717) is 5.02 Å². The monoisotopic (exact) mass is 375 g/mol. The van der Waals surface area contributed by atoms with Crippen LogP contribution in [0.2, 0.25) is 10.0 Å². The van der Waals surface area contributed by atoms with Gasteiger partial charge in [0.15, 0.2) is 6.10 Å². The number of rotatable bonds is 5. The molecule has 10 heteroatoms. The van der Waals surface area contributed by atoms with E-state index in [1.165, 1.54) is 32.2 Å². The number of halogens is 2. The first-order valence-electron chi connectivity index (χ1n) is 6.70. The van der Waals surface area contributed by atoms with Crippen LogP contribution in [0.3, 0.4) is 0 Å². The molecule has 0 unspecified atom stereocenters. The fraction of sp³-hybridized carbons (Fsp3) is 0.286. The highest BCUT2D eigenvalue weighted by molar-refractivity contribution is 6.42. The van der Waals surface area contributed by atoms with E-state index in [-0.39, 0.29) is 10.6 Å². The van der Waals surface area contributed by atoms with Crippen LogP contribution >= 0.6 is 23.2 Å². The van der Waals surface area contributed by atoms with Crippen molar-refractivity contribution in [2.45, 2.75) is 13.0 Å². The molecular formula is C14H15Cl2N3O5. The van der Waals surface area contributed by atoms with E-state index in [9.17, 15) is 19.2 Å². The Labute approximate surface area is 147 Å². The molecule has 130 valence electrons. The fourth-order valence-corrected chi connectivity index (χ4v) is 1.76. The average molecular weight is 376 g/mol. The Bertz CT molecular complexity index is 666. The molecule has 24 heavy (non-hydrogen) atoms. The van der Waals surface area contributed by atoms with Crippen LogP contribution < -0.4 is 16.0 Å². The summed E-state index contributed by atoms with van der Waals surface area (Å²) >= 11 is 11.5. The van der Waals surface area contributed by atoms with Crippen LogP contribution in [0.5, 0.6) is 0 Å². The SMILES string of the molecule is CNC(=O)NC(=O)[C@H](C)OC(=O)CNC(=O)c1ccc(Cl)c(Cl)c1. The van der Waals surface area contributed by atoms with Gasteiger partial charge in [-0.2, -0.15) is 0 Å². The molecule has 0 radical (unpaired) electrons. The highest BCUT2D eigenvalue weighted by atomic mass is 35.5. The maximum Gasteiger partial charge on any atom is 0.326 e. The maximum atomic E-state index is 11.9. The van der Waals surface area contributed by atoms with E-state index >= 15 is 0 Å². The Balaban J connectivity index is 2.47. The van der Waals surface area contributed by atoms with Crippen molar-refractivity contribution >= 4 is 47.0 Å². The lowest BCUT2D eigenvalue weighted by atomic mass is 10.2. The van der Waals surface area contributed by atoms with Gasteiger partial charge in [-0.1, -0.05) is 23.2 Å². The van der Waals surface area contributed by atoms with Crippen molar-refractivity contribution in [2.75, 3.05) is 13.6 Å². The zero-order valence-electron chi connectivity index (χ0n) is 12.8. The normalized spacial score (nSPS) is 11.2. The van der Waals surface area contributed by atoms with Crippen molar-refractivity contribution in [1.82, 2.24) is 16.0 Å². The summed E-state index contributed by atoms with van der Waals surface area (Å²) in [6.45, 7) is 0.827. The van der Waals surface area contributed by atoms with Crippen molar-refractivity contribution in [3.05, 3.63) is 33.8 Å². The Hall–Kier alpha value is -2.32. The first-order valence-corrected chi connectivity index (χ1v) is 7.45. The van der Waals surface area contributed by atoms with Gasteiger partial charge >= 0.3 is 12.0 Å². The molecule has 4 amide bonds. The van der Waals surface area contributed by atoms with E-state index in [1.54, 1.807) is 0 Å². The van der Waals surface area contributed by atoms with Crippen LogP contribution in [-0.4, -0.2) is 43.5 Å². The van der Waals surface area contributed by atoms with Gasteiger partial charge in [0, 0.05) is 12.6 Å². The van der Waals surface area contributed by atoms with E-state index in [2.05, 4.69) is 10.6 Å². The minimum Gasteiger partial charge on any atom is -0.451 e.